The van der Waals surface area contributed by atoms with Crippen molar-refractivity contribution in [3.05, 3.63) is 0 Å². The summed E-state index contributed by atoms with van der Waals surface area (Å²) in [5.74, 6) is 0. The average Bonchev–Trinajstić information content (AvgIpc) is 2.92. The zero-order valence-corrected chi connectivity index (χ0v) is 30.3. The minimum atomic E-state index is 0. The minimum Gasteiger partial charge on any atom is -1.00 e. The Morgan fingerprint density at radius 2 is 0.450 bits per heavy atom. The maximum Gasteiger partial charge on any atom is 0.0786 e. The Hall–Kier alpha value is 0.500. The van der Waals surface area contributed by atoms with Crippen molar-refractivity contribution in [1.82, 2.24) is 6.15 Å². The van der Waals surface area contributed by atoms with Gasteiger partial charge >= 0.3 is 0 Å². The Balaban J connectivity index is -0.00000216. The lowest BCUT2D eigenvalue weighted by molar-refractivity contribution is -0.925. The van der Waals surface area contributed by atoms with Crippen molar-refractivity contribution in [2.75, 3.05) is 26.2 Å². The number of rotatable bonds is 32. The van der Waals surface area contributed by atoms with Crippen molar-refractivity contribution in [3.8, 4) is 0 Å². The van der Waals surface area contributed by atoms with Crippen molar-refractivity contribution in [2.45, 2.75) is 207 Å². The summed E-state index contributed by atoms with van der Waals surface area (Å²) in [4.78, 5) is 0. The molecule has 0 saturated carbocycles. The first-order chi connectivity index (χ1) is 18.2. The van der Waals surface area contributed by atoms with Crippen LogP contribution in [0.4, 0.5) is 0 Å². The van der Waals surface area contributed by atoms with Crippen LogP contribution in [0.2, 0.25) is 0 Å². The van der Waals surface area contributed by atoms with Gasteiger partial charge in [-0.15, -0.1) is 0 Å². The molecule has 0 aliphatic heterocycles. The Labute approximate surface area is 268 Å². The van der Waals surface area contributed by atoms with Crippen LogP contribution in [0.15, 0.2) is 0 Å². The number of unbranched alkanes of at least 4 members (excludes halogenated alkanes) is 26. The normalized spacial score (nSPS) is 11.1. The highest BCUT2D eigenvalue weighted by Crippen LogP contribution is 2.17. The van der Waals surface area contributed by atoms with E-state index in [1.807, 2.05) is 0 Å². The molecule has 248 valence electrons. The SMILES string of the molecule is CCCCCCCCCCCCCCCC[N+](CC)(CC)CCCCCCCCCCCCCCCC.[Cl-].[Cl-].[NH4+]. The number of quaternary nitrogens is 2. The van der Waals surface area contributed by atoms with E-state index >= 15 is 0 Å². The summed E-state index contributed by atoms with van der Waals surface area (Å²) in [5, 5.41) is 0. The van der Waals surface area contributed by atoms with E-state index in [-0.39, 0.29) is 31.0 Å². The first kappa shape index (κ1) is 47.4. The topological polar surface area (TPSA) is 36.5 Å². The van der Waals surface area contributed by atoms with E-state index in [1.54, 1.807) is 0 Å². The second-order valence-corrected chi connectivity index (χ2v) is 12.6. The molecule has 0 aliphatic rings. The van der Waals surface area contributed by atoms with Crippen LogP contribution in [0, 0.1) is 0 Å². The first-order valence-corrected chi connectivity index (χ1v) is 18.1. The fourth-order valence-corrected chi connectivity index (χ4v) is 6.25. The number of hydrogen-bond donors (Lipinski definition) is 1. The van der Waals surface area contributed by atoms with E-state index in [2.05, 4.69) is 27.7 Å². The zero-order valence-electron chi connectivity index (χ0n) is 28.8. The zero-order chi connectivity index (χ0) is 27.1. The molecule has 0 aliphatic carbocycles. The summed E-state index contributed by atoms with van der Waals surface area (Å²) in [6, 6.07) is 0. The van der Waals surface area contributed by atoms with E-state index in [4.69, 9.17) is 0 Å². The molecule has 4 heteroatoms. The molecule has 0 spiro atoms. The molecule has 0 aromatic carbocycles. The third-order valence-electron chi connectivity index (χ3n) is 9.31. The van der Waals surface area contributed by atoms with Gasteiger partial charge in [0.2, 0.25) is 0 Å². The Bertz CT molecular complexity index is 382. The van der Waals surface area contributed by atoms with E-state index in [1.165, 1.54) is 210 Å². The molecular weight excluding hydrogens is 531 g/mol. The molecule has 0 fully saturated rings. The van der Waals surface area contributed by atoms with Crippen molar-refractivity contribution in [1.29, 1.82) is 0 Å². The standard InChI is InChI=1S/C36H76N.2ClH.H3N/c1-5-9-11-13-15-17-19-21-23-25-27-29-31-33-35-37(7-3,8-4)36-34-32-30-28-26-24-22-20-18-16-14-12-10-6-2;;;/h5-36H2,1-4H3;2*1H;1H3/q+1;;;/p-1. The molecule has 0 amide bonds. The van der Waals surface area contributed by atoms with E-state index < -0.39 is 0 Å². The average molecular weight is 612 g/mol. The van der Waals surface area contributed by atoms with Crippen molar-refractivity contribution < 1.29 is 29.3 Å². The molecule has 0 saturated heterocycles. The molecule has 0 aromatic rings. The van der Waals surface area contributed by atoms with Crippen LogP contribution in [-0.2, 0) is 0 Å². The molecule has 0 bridgehead atoms. The van der Waals surface area contributed by atoms with Gasteiger partial charge in [-0.3, -0.25) is 0 Å². The van der Waals surface area contributed by atoms with Crippen molar-refractivity contribution in [3.63, 3.8) is 0 Å². The summed E-state index contributed by atoms with van der Waals surface area (Å²) in [7, 11) is 0. The largest absolute Gasteiger partial charge is 1.00 e. The van der Waals surface area contributed by atoms with Gasteiger partial charge in [-0.1, -0.05) is 168 Å². The number of hydrogen-bond acceptors (Lipinski definition) is 0. The van der Waals surface area contributed by atoms with Crippen LogP contribution in [0.1, 0.15) is 207 Å². The molecule has 0 atom stereocenters. The third kappa shape index (κ3) is 33.0. The van der Waals surface area contributed by atoms with Gasteiger partial charge in [0.05, 0.1) is 26.2 Å². The fourth-order valence-electron chi connectivity index (χ4n) is 6.25. The van der Waals surface area contributed by atoms with E-state index in [0.717, 1.165) is 0 Å². The molecule has 0 rings (SSSR count). The van der Waals surface area contributed by atoms with Crippen LogP contribution in [0.25, 0.3) is 0 Å². The highest BCUT2D eigenvalue weighted by molar-refractivity contribution is 4.52. The number of nitrogens with zero attached hydrogens (tertiary/aromatic N) is 1. The smallest absolute Gasteiger partial charge is 0.0786 e. The molecule has 4 N–H and O–H groups in total. The molecular formula is C36H80Cl2N2. The molecule has 40 heavy (non-hydrogen) atoms. The second-order valence-electron chi connectivity index (χ2n) is 12.6. The second kappa shape index (κ2) is 39.5. The van der Waals surface area contributed by atoms with Gasteiger partial charge in [0.25, 0.3) is 0 Å². The van der Waals surface area contributed by atoms with Gasteiger partial charge in [-0.2, -0.15) is 0 Å². The van der Waals surface area contributed by atoms with Crippen LogP contribution in [-0.4, -0.2) is 30.7 Å². The van der Waals surface area contributed by atoms with Crippen LogP contribution >= 0.6 is 0 Å². The Kier molecular flexibility index (Phi) is 46.8. The number of halogens is 2. The van der Waals surface area contributed by atoms with Crippen LogP contribution < -0.4 is 31.0 Å². The molecule has 0 aromatic heterocycles. The lowest BCUT2D eigenvalue weighted by Gasteiger charge is -2.37. The van der Waals surface area contributed by atoms with E-state index in [9.17, 15) is 0 Å². The predicted octanol–water partition coefficient (Wildman–Crippen LogP) is 7.19. The highest BCUT2D eigenvalue weighted by Gasteiger charge is 2.21. The maximum absolute atomic E-state index is 2.44. The van der Waals surface area contributed by atoms with Gasteiger partial charge < -0.3 is 35.4 Å². The third-order valence-corrected chi connectivity index (χ3v) is 9.31. The van der Waals surface area contributed by atoms with E-state index in [0.29, 0.717) is 0 Å². The molecule has 0 radical (unpaired) electrons. The van der Waals surface area contributed by atoms with Crippen LogP contribution in [0.3, 0.4) is 0 Å². The van der Waals surface area contributed by atoms with Crippen molar-refractivity contribution >= 4 is 0 Å². The minimum absolute atomic E-state index is 0. The Morgan fingerprint density at radius 3 is 0.625 bits per heavy atom. The fraction of sp³-hybridized carbons (Fsp3) is 1.00. The van der Waals surface area contributed by atoms with Gasteiger partial charge in [-0.25, -0.2) is 0 Å². The van der Waals surface area contributed by atoms with Gasteiger partial charge in [0, 0.05) is 0 Å². The summed E-state index contributed by atoms with van der Waals surface area (Å²) in [6.07, 6.45) is 41.1. The summed E-state index contributed by atoms with van der Waals surface area (Å²) in [5.41, 5.74) is 0. The molecule has 0 heterocycles. The highest BCUT2D eigenvalue weighted by atomic mass is 35.5. The molecule has 2 nitrogen and oxygen atoms in total. The quantitative estimate of drug-likeness (QED) is 0.0618. The summed E-state index contributed by atoms with van der Waals surface area (Å²) in [6.45, 7) is 15.1. The van der Waals surface area contributed by atoms with Crippen LogP contribution in [0.5, 0.6) is 0 Å². The van der Waals surface area contributed by atoms with Gasteiger partial charge in [-0.05, 0) is 39.5 Å². The Morgan fingerprint density at radius 1 is 0.275 bits per heavy atom. The lowest BCUT2D eigenvalue weighted by atomic mass is 10.0. The van der Waals surface area contributed by atoms with Gasteiger partial charge in [0.1, 0.15) is 0 Å². The monoisotopic (exact) mass is 611 g/mol. The van der Waals surface area contributed by atoms with Gasteiger partial charge in [0.15, 0.2) is 0 Å². The first-order valence-electron chi connectivity index (χ1n) is 18.1. The summed E-state index contributed by atoms with van der Waals surface area (Å²) < 4.78 is 1.39. The predicted molar refractivity (Wildman–Crippen MR) is 178 cm³/mol. The van der Waals surface area contributed by atoms with Crippen molar-refractivity contribution in [2.24, 2.45) is 0 Å². The molecule has 0 unspecified atom stereocenters. The summed E-state index contributed by atoms with van der Waals surface area (Å²) >= 11 is 0. The maximum atomic E-state index is 2.44. The lowest BCUT2D eigenvalue weighted by Crippen LogP contribution is -3.00.